The first-order valence-corrected chi connectivity index (χ1v) is 7.12. The molecule has 0 atom stereocenters. The molecule has 0 heterocycles. The molecule has 0 aliphatic carbocycles. The zero-order valence-electron chi connectivity index (χ0n) is 10.0. The van der Waals surface area contributed by atoms with Gasteiger partial charge in [-0.15, -0.1) is 0 Å². The number of ketones is 1. The van der Waals surface area contributed by atoms with Gasteiger partial charge in [0.15, 0.2) is 11.5 Å². The van der Waals surface area contributed by atoms with Gasteiger partial charge in [-0.05, 0) is 18.4 Å². The number of Topliss-reactive ketones (excluding diaryl/α,β-unsaturated/α-hetero) is 1. The molecule has 0 aromatic heterocycles. The fourth-order valence-corrected chi connectivity index (χ4v) is 2.24. The summed E-state index contributed by atoms with van der Waals surface area (Å²) in [6, 6.07) is 10.5. The summed E-state index contributed by atoms with van der Waals surface area (Å²) in [4.78, 5) is 11.5. The van der Waals surface area contributed by atoms with E-state index >= 15 is 0 Å². The Hall–Kier alpha value is -1.88. The molecule has 2 rings (SSSR count). The quantitative estimate of drug-likeness (QED) is 0.631. The summed E-state index contributed by atoms with van der Waals surface area (Å²) < 4.78 is 27.5. The van der Waals surface area contributed by atoms with Gasteiger partial charge in [0, 0.05) is 5.39 Å². The van der Waals surface area contributed by atoms with Crippen LogP contribution in [0.4, 0.5) is 0 Å². The molecule has 0 spiro atoms. The Kier molecular flexibility index (Phi) is 3.09. The molecule has 0 unspecified atom stereocenters. The van der Waals surface area contributed by atoms with Crippen LogP contribution in [0.15, 0.2) is 36.4 Å². The third-order valence-corrected chi connectivity index (χ3v) is 2.96. The Labute approximate surface area is 105 Å². The predicted molar refractivity (Wildman–Crippen MR) is 69.4 cm³/mol. The van der Waals surface area contributed by atoms with Crippen LogP contribution >= 0.6 is 0 Å². The zero-order valence-corrected chi connectivity index (χ0v) is 10.8. The lowest BCUT2D eigenvalue weighted by atomic mass is 10.0. The minimum absolute atomic E-state index is 0.100. The van der Waals surface area contributed by atoms with Crippen LogP contribution in [0.5, 0.6) is 5.75 Å². The molecule has 0 saturated carbocycles. The van der Waals surface area contributed by atoms with E-state index in [1.165, 1.54) is 6.92 Å². The van der Waals surface area contributed by atoms with Crippen LogP contribution in [-0.4, -0.2) is 20.5 Å². The second-order valence-electron chi connectivity index (χ2n) is 4.01. The number of fused-ring (bicyclic) bond motifs is 1. The van der Waals surface area contributed by atoms with Gasteiger partial charge >= 0.3 is 10.1 Å². The smallest absolute Gasteiger partial charge is 0.306 e. The average Bonchev–Trinajstić information content (AvgIpc) is 2.27. The van der Waals surface area contributed by atoms with Crippen molar-refractivity contribution < 1.29 is 17.4 Å². The molecular weight excluding hydrogens is 252 g/mol. The Morgan fingerprint density at radius 1 is 1.11 bits per heavy atom. The normalized spacial score (nSPS) is 11.4. The molecule has 94 valence electrons. The predicted octanol–water partition coefficient (Wildman–Crippen LogP) is 2.38. The van der Waals surface area contributed by atoms with Crippen LogP contribution in [0, 0.1) is 0 Å². The van der Waals surface area contributed by atoms with Crippen molar-refractivity contribution in [3.8, 4) is 5.75 Å². The molecule has 0 aliphatic rings. The maximum atomic E-state index is 11.5. The van der Waals surface area contributed by atoms with E-state index in [9.17, 15) is 13.2 Å². The first kappa shape index (κ1) is 12.6. The summed E-state index contributed by atoms with van der Waals surface area (Å²) >= 11 is 0. The summed E-state index contributed by atoms with van der Waals surface area (Å²) in [5.74, 6) is -0.137. The minimum Gasteiger partial charge on any atom is -0.381 e. The second kappa shape index (κ2) is 4.42. The number of benzene rings is 2. The first-order chi connectivity index (χ1) is 8.38. The van der Waals surface area contributed by atoms with Gasteiger partial charge < -0.3 is 4.18 Å². The minimum atomic E-state index is -3.68. The van der Waals surface area contributed by atoms with Crippen molar-refractivity contribution in [1.82, 2.24) is 0 Å². The van der Waals surface area contributed by atoms with Gasteiger partial charge in [-0.25, -0.2) is 0 Å². The molecule has 2 aromatic rings. The van der Waals surface area contributed by atoms with Gasteiger partial charge in [0.2, 0.25) is 0 Å². The van der Waals surface area contributed by atoms with Crippen LogP contribution < -0.4 is 4.18 Å². The molecule has 0 radical (unpaired) electrons. The molecule has 0 bridgehead atoms. The van der Waals surface area contributed by atoms with Crippen LogP contribution in [0.3, 0.4) is 0 Å². The van der Waals surface area contributed by atoms with Gasteiger partial charge in [-0.3, -0.25) is 4.79 Å². The third kappa shape index (κ3) is 2.51. The Balaban J connectivity index is 2.78. The maximum absolute atomic E-state index is 11.5. The highest BCUT2D eigenvalue weighted by Gasteiger charge is 2.16. The first-order valence-electron chi connectivity index (χ1n) is 5.30. The molecule has 5 heteroatoms. The van der Waals surface area contributed by atoms with Gasteiger partial charge in [0.1, 0.15) is 0 Å². The highest BCUT2D eigenvalue weighted by Crippen LogP contribution is 2.31. The lowest BCUT2D eigenvalue weighted by Crippen LogP contribution is -2.09. The van der Waals surface area contributed by atoms with Crippen molar-refractivity contribution in [3.05, 3.63) is 42.0 Å². The van der Waals surface area contributed by atoms with Crippen molar-refractivity contribution in [2.24, 2.45) is 0 Å². The molecule has 0 aliphatic heterocycles. The van der Waals surface area contributed by atoms with Crippen molar-refractivity contribution in [2.45, 2.75) is 6.92 Å². The number of carbonyl (C=O) groups excluding carboxylic acids is 1. The number of carbonyl (C=O) groups is 1. The Morgan fingerprint density at radius 2 is 1.78 bits per heavy atom. The van der Waals surface area contributed by atoms with Gasteiger partial charge in [-0.1, -0.05) is 30.3 Å². The second-order valence-corrected chi connectivity index (χ2v) is 5.58. The molecule has 18 heavy (non-hydrogen) atoms. The topological polar surface area (TPSA) is 60.4 Å². The summed E-state index contributed by atoms with van der Waals surface area (Å²) in [5, 5.41) is 1.43. The summed E-state index contributed by atoms with van der Waals surface area (Å²) in [5.41, 5.74) is 0.263. The average molecular weight is 264 g/mol. The highest BCUT2D eigenvalue weighted by atomic mass is 32.2. The van der Waals surface area contributed by atoms with E-state index < -0.39 is 10.1 Å². The fraction of sp³-hybridized carbons (Fsp3) is 0.154. The zero-order chi connectivity index (χ0) is 13.3. The molecule has 0 fully saturated rings. The fourth-order valence-electron chi connectivity index (χ4n) is 1.76. The Morgan fingerprint density at radius 3 is 2.39 bits per heavy atom. The number of rotatable bonds is 3. The molecular formula is C13H12O4S. The van der Waals surface area contributed by atoms with E-state index in [4.69, 9.17) is 4.18 Å². The monoisotopic (exact) mass is 264 g/mol. The third-order valence-electron chi connectivity index (χ3n) is 2.49. The van der Waals surface area contributed by atoms with E-state index in [1.54, 1.807) is 24.3 Å². The molecule has 0 N–H and O–H groups in total. The highest BCUT2D eigenvalue weighted by molar-refractivity contribution is 7.86. The van der Waals surface area contributed by atoms with E-state index in [2.05, 4.69) is 0 Å². The van der Waals surface area contributed by atoms with Crippen LogP contribution in [0.25, 0.3) is 10.8 Å². The molecule has 2 aromatic carbocycles. The van der Waals surface area contributed by atoms with Gasteiger partial charge in [-0.2, -0.15) is 8.42 Å². The molecule has 0 saturated heterocycles. The number of hydrogen-bond acceptors (Lipinski definition) is 4. The summed E-state index contributed by atoms with van der Waals surface area (Å²) in [7, 11) is -3.68. The van der Waals surface area contributed by atoms with Gasteiger partial charge in [0.05, 0.1) is 11.8 Å². The Bertz CT molecular complexity index is 717. The van der Waals surface area contributed by atoms with E-state index in [-0.39, 0.29) is 17.1 Å². The van der Waals surface area contributed by atoms with Crippen LogP contribution in [-0.2, 0) is 10.1 Å². The summed E-state index contributed by atoms with van der Waals surface area (Å²) in [6.07, 6.45) is 0.957. The van der Waals surface area contributed by atoms with E-state index in [0.717, 1.165) is 11.6 Å². The number of hydrogen-bond donors (Lipinski definition) is 0. The summed E-state index contributed by atoms with van der Waals surface area (Å²) in [6.45, 7) is 1.37. The maximum Gasteiger partial charge on any atom is 0.306 e. The SMILES string of the molecule is CC(=O)c1ccc2ccccc2c1OS(C)(=O)=O. The van der Waals surface area contributed by atoms with Gasteiger partial charge in [0.25, 0.3) is 0 Å². The van der Waals surface area contributed by atoms with Crippen molar-refractivity contribution in [3.63, 3.8) is 0 Å². The molecule has 4 nitrogen and oxygen atoms in total. The van der Waals surface area contributed by atoms with E-state index in [1.807, 2.05) is 12.1 Å². The largest absolute Gasteiger partial charge is 0.381 e. The lowest BCUT2D eigenvalue weighted by Gasteiger charge is -2.10. The van der Waals surface area contributed by atoms with Crippen LogP contribution in [0.1, 0.15) is 17.3 Å². The van der Waals surface area contributed by atoms with Crippen molar-refractivity contribution in [1.29, 1.82) is 0 Å². The van der Waals surface area contributed by atoms with Crippen molar-refractivity contribution in [2.75, 3.05) is 6.26 Å². The van der Waals surface area contributed by atoms with Crippen molar-refractivity contribution >= 4 is 26.7 Å². The van der Waals surface area contributed by atoms with E-state index in [0.29, 0.717) is 5.39 Å². The van der Waals surface area contributed by atoms with Crippen LogP contribution in [0.2, 0.25) is 0 Å². The molecule has 0 amide bonds. The lowest BCUT2D eigenvalue weighted by molar-refractivity contribution is 0.101. The standard InChI is InChI=1S/C13H12O4S/c1-9(14)11-8-7-10-5-3-4-6-12(10)13(11)17-18(2,15)16/h3-8H,1-2H3.